The summed E-state index contributed by atoms with van der Waals surface area (Å²) in [6.07, 6.45) is -2.59. The van der Waals surface area contributed by atoms with Gasteiger partial charge in [-0.1, -0.05) is 121 Å². The number of methoxy groups -OCH3 is 1. The third-order valence-electron chi connectivity index (χ3n) is 7.07. The van der Waals surface area contributed by atoms with Gasteiger partial charge in [0.05, 0.1) is 33.0 Å². The van der Waals surface area contributed by atoms with Crippen LogP contribution in [0, 0.1) is 0 Å². The van der Waals surface area contributed by atoms with Gasteiger partial charge in [-0.25, -0.2) is 0 Å². The van der Waals surface area contributed by atoms with E-state index in [0.717, 1.165) is 22.3 Å². The molecule has 4 aromatic carbocycles. The van der Waals surface area contributed by atoms with Crippen molar-refractivity contribution in [1.29, 1.82) is 0 Å². The maximum Gasteiger partial charge on any atom is 0.186 e. The van der Waals surface area contributed by atoms with Crippen molar-refractivity contribution in [2.75, 3.05) is 13.7 Å². The average molecular weight is 555 g/mol. The minimum absolute atomic E-state index is 0.310. The van der Waals surface area contributed by atoms with E-state index in [1.165, 1.54) is 0 Å². The fourth-order valence-electron chi connectivity index (χ4n) is 4.94. The molecule has 0 spiro atoms. The highest BCUT2D eigenvalue weighted by molar-refractivity contribution is 5.16. The van der Waals surface area contributed by atoms with Crippen LogP contribution in [0.25, 0.3) is 0 Å². The Bertz CT molecular complexity index is 1260. The van der Waals surface area contributed by atoms with Gasteiger partial charge < -0.3 is 28.4 Å². The summed E-state index contributed by atoms with van der Waals surface area (Å²) in [5.41, 5.74) is 4.27. The maximum atomic E-state index is 6.63. The van der Waals surface area contributed by atoms with Crippen molar-refractivity contribution >= 4 is 0 Å². The van der Waals surface area contributed by atoms with Gasteiger partial charge in [0.1, 0.15) is 24.4 Å². The van der Waals surface area contributed by atoms with Crippen molar-refractivity contribution in [3.8, 4) is 0 Å². The van der Waals surface area contributed by atoms with E-state index in [1.54, 1.807) is 7.11 Å². The minimum Gasteiger partial charge on any atom is -0.374 e. The second kappa shape index (κ2) is 15.6. The Morgan fingerprint density at radius 3 is 1.32 bits per heavy atom. The van der Waals surface area contributed by atoms with E-state index < -0.39 is 30.7 Å². The number of ether oxygens (including phenoxy) is 6. The first-order valence-corrected chi connectivity index (χ1v) is 14.1. The van der Waals surface area contributed by atoms with Crippen molar-refractivity contribution in [2.24, 2.45) is 0 Å². The molecule has 0 N–H and O–H groups in total. The first-order valence-electron chi connectivity index (χ1n) is 14.1. The highest BCUT2D eigenvalue weighted by Gasteiger charge is 2.48. The predicted octanol–water partition coefficient (Wildman–Crippen LogP) is 6.33. The lowest BCUT2D eigenvalue weighted by Gasteiger charge is -2.45. The second-order valence-corrected chi connectivity index (χ2v) is 10.1. The molecule has 0 aromatic heterocycles. The number of benzene rings is 4. The lowest BCUT2D eigenvalue weighted by molar-refractivity contribution is -0.323. The topological polar surface area (TPSA) is 55.4 Å². The molecule has 1 heterocycles. The van der Waals surface area contributed by atoms with Crippen LogP contribution in [-0.4, -0.2) is 44.4 Å². The highest BCUT2D eigenvalue weighted by atomic mass is 16.7. The summed E-state index contributed by atoms with van der Waals surface area (Å²) >= 11 is 0. The number of hydrogen-bond donors (Lipinski definition) is 0. The molecule has 1 aliphatic heterocycles. The van der Waals surface area contributed by atoms with Gasteiger partial charge in [-0.2, -0.15) is 0 Å². The number of hydrogen-bond acceptors (Lipinski definition) is 6. The van der Waals surface area contributed by atoms with Crippen molar-refractivity contribution in [3.63, 3.8) is 0 Å². The molecule has 0 bridgehead atoms. The van der Waals surface area contributed by atoms with Crippen LogP contribution in [0.5, 0.6) is 0 Å². The van der Waals surface area contributed by atoms with E-state index >= 15 is 0 Å². The molecule has 1 fully saturated rings. The molecule has 214 valence electrons. The van der Waals surface area contributed by atoms with Crippen molar-refractivity contribution in [3.05, 3.63) is 144 Å². The summed E-state index contributed by atoms with van der Waals surface area (Å²) in [5, 5.41) is 0. The van der Waals surface area contributed by atoms with Gasteiger partial charge in [-0.3, -0.25) is 0 Å². The fraction of sp³-hybridized carbons (Fsp3) is 0.314. The Morgan fingerprint density at radius 2 is 0.878 bits per heavy atom. The zero-order valence-electron chi connectivity index (χ0n) is 23.4. The Labute approximate surface area is 242 Å². The molecule has 0 saturated carbocycles. The van der Waals surface area contributed by atoms with Crippen molar-refractivity contribution < 1.29 is 28.4 Å². The zero-order valence-corrected chi connectivity index (χ0v) is 23.4. The van der Waals surface area contributed by atoms with Gasteiger partial charge in [-0.05, 0) is 22.3 Å². The standard InChI is InChI=1S/C35H38O6/c1-36-35-34(40-25-30-20-12-5-13-21-30)33(39-24-29-18-10-4-11-19-29)32(38-23-28-16-8-3-9-17-28)31(41-35)26-37-22-27-14-6-2-7-15-27/h2-21,31-35H,22-26H2,1H3/t31-,32-,33+,34+,35+/m1/s1. The Balaban J connectivity index is 1.38. The molecule has 6 heteroatoms. The molecule has 1 aliphatic rings. The molecule has 1 saturated heterocycles. The van der Waals surface area contributed by atoms with Crippen LogP contribution in [0.3, 0.4) is 0 Å². The van der Waals surface area contributed by atoms with Crippen molar-refractivity contribution in [1.82, 2.24) is 0 Å². The van der Waals surface area contributed by atoms with Gasteiger partial charge >= 0.3 is 0 Å². The summed E-state index contributed by atoms with van der Waals surface area (Å²) in [5.74, 6) is 0. The van der Waals surface area contributed by atoms with E-state index in [9.17, 15) is 0 Å². The molecule has 5 rings (SSSR count). The van der Waals surface area contributed by atoms with Gasteiger partial charge in [0.25, 0.3) is 0 Å². The zero-order chi connectivity index (χ0) is 28.1. The summed E-state index contributed by atoms with van der Waals surface area (Å²) in [6.45, 7) is 1.97. The SMILES string of the molecule is CO[C@H]1O[C@H](COCc2ccccc2)[C@@H](OCc2ccccc2)[C@H](OCc2ccccc2)[C@@H]1OCc1ccccc1. The molecule has 4 aromatic rings. The van der Waals surface area contributed by atoms with Crippen LogP contribution in [0.15, 0.2) is 121 Å². The van der Waals surface area contributed by atoms with Crippen LogP contribution < -0.4 is 0 Å². The van der Waals surface area contributed by atoms with Crippen molar-refractivity contribution in [2.45, 2.75) is 57.1 Å². The first kappa shape index (κ1) is 29.1. The van der Waals surface area contributed by atoms with Gasteiger partial charge in [0, 0.05) is 7.11 Å². The molecular formula is C35H38O6. The van der Waals surface area contributed by atoms with Crippen LogP contribution >= 0.6 is 0 Å². The Morgan fingerprint density at radius 1 is 0.488 bits per heavy atom. The molecule has 0 radical (unpaired) electrons. The van der Waals surface area contributed by atoms with Gasteiger partial charge in [0.15, 0.2) is 6.29 Å². The molecular weight excluding hydrogens is 516 g/mol. The van der Waals surface area contributed by atoms with Crippen LogP contribution in [0.4, 0.5) is 0 Å². The molecule has 0 unspecified atom stereocenters. The summed E-state index contributed by atoms with van der Waals surface area (Å²) in [4.78, 5) is 0. The molecule has 41 heavy (non-hydrogen) atoms. The van der Waals surface area contributed by atoms with E-state index in [1.807, 2.05) is 121 Å². The Kier molecular flexibility index (Phi) is 11.1. The van der Waals surface area contributed by atoms with E-state index in [4.69, 9.17) is 28.4 Å². The van der Waals surface area contributed by atoms with Crippen LogP contribution in [0.2, 0.25) is 0 Å². The quantitative estimate of drug-likeness (QED) is 0.182. The lowest BCUT2D eigenvalue weighted by Crippen LogP contribution is -2.61. The van der Waals surface area contributed by atoms with E-state index in [0.29, 0.717) is 33.0 Å². The second-order valence-electron chi connectivity index (χ2n) is 10.1. The minimum atomic E-state index is -0.665. The smallest absolute Gasteiger partial charge is 0.186 e. The van der Waals surface area contributed by atoms with E-state index in [-0.39, 0.29) is 0 Å². The van der Waals surface area contributed by atoms with Crippen LogP contribution in [-0.2, 0) is 54.8 Å². The van der Waals surface area contributed by atoms with Gasteiger partial charge in [0.2, 0.25) is 0 Å². The Hall–Kier alpha value is -3.36. The normalized spacial score (nSPS) is 22.4. The molecule has 0 aliphatic carbocycles. The average Bonchev–Trinajstić information content (AvgIpc) is 3.04. The molecule has 5 atom stereocenters. The third kappa shape index (κ3) is 8.57. The lowest BCUT2D eigenvalue weighted by atomic mass is 9.97. The van der Waals surface area contributed by atoms with E-state index in [2.05, 4.69) is 0 Å². The third-order valence-corrected chi connectivity index (χ3v) is 7.07. The highest BCUT2D eigenvalue weighted by Crippen LogP contribution is 2.31. The monoisotopic (exact) mass is 554 g/mol. The fourth-order valence-corrected chi connectivity index (χ4v) is 4.94. The number of rotatable bonds is 14. The largest absolute Gasteiger partial charge is 0.374 e. The summed E-state index contributed by atoms with van der Waals surface area (Å²) in [6, 6.07) is 40.4. The van der Waals surface area contributed by atoms with Crippen LogP contribution in [0.1, 0.15) is 22.3 Å². The summed E-state index contributed by atoms with van der Waals surface area (Å²) in [7, 11) is 1.63. The molecule has 6 nitrogen and oxygen atoms in total. The first-order chi connectivity index (χ1) is 20.3. The predicted molar refractivity (Wildman–Crippen MR) is 157 cm³/mol. The molecule has 0 amide bonds. The maximum absolute atomic E-state index is 6.63. The summed E-state index contributed by atoms with van der Waals surface area (Å²) < 4.78 is 38.2. The van der Waals surface area contributed by atoms with Gasteiger partial charge in [-0.15, -0.1) is 0 Å².